The van der Waals surface area contributed by atoms with Crippen molar-refractivity contribution in [3.05, 3.63) is 35.6 Å². The summed E-state index contributed by atoms with van der Waals surface area (Å²) in [5.41, 5.74) is 0.262. The molecule has 1 N–H and O–H groups in total. The van der Waals surface area contributed by atoms with Gasteiger partial charge in [0.15, 0.2) is 23.0 Å². The summed E-state index contributed by atoms with van der Waals surface area (Å²) < 4.78 is 5.44. The summed E-state index contributed by atoms with van der Waals surface area (Å²) in [5, 5.41) is 11.1. The summed E-state index contributed by atoms with van der Waals surface area (Å²) in [6.45, 7) is 2.19. The van der Waals surface area contributed by atoms with Crippen LogP contribution in [0.4, 0.5) is 0 Å². The fourth-order valence-electron chi connectivity index (χ4n) is 6.19. The number of rotatable bonds is 2. The monoisotopic (exact) mass is 436 g/mol. The molecule has 0 aromatic heterocycles. The summed E-state index contributed by atoms with van der Waals surface area (Å²) in [6.07, 6.45) is 21.1. The molecule has 2 nitrogen and oxygen atoms in total. The Balaban J connectivity index is 1.68. The fraction of sp³-hybridized carbons (Fsp3) is 0.619. The van der Waals surface area contributed by atoms with Crippen molar-refractivity contribution in [3.8, 4) is 12.3 Å². The van der Waals surface area contributed by atoms with Gasteiger partial charge < -0.3 is 8.17 Å². The van der Waals surface area contributed by atoms with E-state index in [4.69, 9.17) is 9.49 Å². The maximum atomic E-state index is 11.1. The minimum atomic E-state index is -1.06. The predicted octanol–water partition coefficient (Wildman–Crippen LogP) is 4.95. The van der Waals surface area contributed by atoms with E-state index in [1.54, 1.807) is 0 Å². The molecule has 0 spiro atoms. The first-order valence-electron chi connectivity index (χ1n) is 9.17. The highest BCUT2D eigenvalue weighted by Gasteiger charge is 2.60. The molecule has 0 aliphatic heterocycles. The zero-order chi connectivity index (χ0) is 16.9. The molecule has 4 unspecified atom stereocenters. The van der Waals surface area contributed by atoms with Crippen LogP contribution in [0, 0.1) is 41.4 Å². The first kappa shape index (κ1) is 16.7. The Morgan fingerprint density at radius 1 is 1.42 bits per heavy atom. The van der Waals surface area contributed by atoms with Crippen LogP contribution < -0.4 is 0 Å². The average molecular weight is 436 g/mol. The predicted molar refractivity (Wildman–Crippen MR) is 104 cm³/mol. The maximum absolute atomic E-state index is 11.1. The number of hydrogen-bond acceptors (Lipinski definition) is 2. The van der Waals surface area contributed by atoms with E-state index in [0.717, 1.165) is 31.4 Å². The fourth-order valence-corrected chi connectivity index (χ4v) is 6.54. The summed E-state index contributed by atoms with van der Waals surface area (Å²) in [4.78, 5) is 0. The van der Waals surface area contributed by atoms with Gasteiger partial charge in [0.05, 0.1) is 0 Å². The number of hydrogen-bond donors (Lipinski definition) is 1. The Labute approximate surface area is 159 Å². The first-order valence-corrected chi connectivity index (χ1v) is 10.1. The van der Waals surface area contributed by atoms with Crippen molar-refractivity contribution >= 4 is 23.0 Å². The minimum absolute atomic E-state index is 0.157. The number of terminal acetylenes is 1. The standard InChI is InChI=1S/C21H25IO2/c1-3-20-11-9-17-16-8-6-15(24-22)13-14(16)5-7-18(17)19(20)10-12-21(20,23)4-2/h2,5,10,12-13,16-19,23H,3,6-9,11H2,1H3/t16?,17?,18?,19?,20-,21-/m0/s1. The highest BCUT2D eigenvalue weighted by molar-refractivity contribution is 14.1. The van der Waals surface area contributed by atoms with E-state index in [0.29, 0.717) is 23.7 Å². The lowest BCUT2D eigenvalue weighted by Gasteiger charge is -2.55. The molecule has 3 heteroatoms. The zero-order valence-electron chi connectivity index (χ0n) is 14.2. The quantitative estimate of drug-likeness (QED) is 0.377. The second-order valence-corrected chi connectivity index (χ2v) is 8.38. The second-order valence-electron chi connectivity index (χ2n) is 7.94. The van der Waals surface area contributed by atoms with Gasteiger partial charge in [-0.25, -0.2) is 0 Å². The molecule has 0 amide bonds. The third-order valence-corrected chi connectivity index (χ3v) is 7.99. The molecule has 0 saturated heterocycles. The summed E-state index contributed by atoms with van der Waals surface area (Å²) in [6, 6.07) is 0. The van der Waals surface area contributed by atoms with Gasteiger partial charge in [0.1, 0.15) is 11.4 Å². The van der Waals surface area contributed by atoms with E-state index in [1.165, 1.54) is 18.4 Å². The topological polar surface area (TPSA) is 29.5 Å². The molecule has 0 heterocycles. The van der Waals surface area contributed by atoms with Crippen molar-refractivity contribution in [1.29, 1.82) is 0 Å². The van der Waals surface area contributed by atoms with Gasteiger partial charge in [0.25, 0.3) is 0 Å². The van der Waals surface area contributed by atoms with Crippen molar-refractivity contribution in [2.24, 2.45) is 29.1 Å². The normalized spacial score (nSPS) is 46.1. The third kappa shape index (κ3) is 2.12. The van der Waals surface area contributed by atoms with E-state index in [2.05, 4.69) is 31.1 Å². The maximum Gasteiger partial charge on any atom is 0.192 e. The molecule has 24 heavy (non-hydrogen) atoms. The van der Waals surface area contributed by atoms with Gasteiger partial charge in [-0.1, -0.05) is 25.0 Å². The molecule has 0 radical (unpaired) electrons. The van der Waals surface area contributed by atoms with Crippen molar-refractivity contribution in [1.82, 2.24) is 0 Å². The summed E-state index contributed by atoms with van der Waals surface area (Å²) >= 11 is 1.99. The molecule has 128 valence electrons. The highest BCUT2D eigenvalue weighted by atomic mass is 127. The molecule has 1 fully saturated rings. The highest BCUT2D eigenvalue weighted by Crippen LogP contribution is 2.63. The lowest BCUT2D eigenvalue weighted by atomic mass is 9.50. The van der Waals surface area contributed by atoms with E-state index >= 15 is 0 Å². The lowest BCUT2D eigenvalue weighted by Crippen LogP contribution is -2.53. The van der Waals surface area contributed by atoms with Crippen LogP contribution >= 0.6 is 23.0 Å². The Kier molecular flexibility index (Phi) is 4.12. The molecule has 0 bridgehead atoms. The average Bonchev–Trinajstić information content (AvgIpc) is 2.94. The van der Waals surface area contributed by atoms with Gasteiger partial charge in [0, 0.05) is 11.8 Å². The molecule has 0 aromatic rings. The van der Waals surface area contributed by atoms with Gasteiger partial charge >= 0.3 is 0 Å². The van der Waals surface area contributed by atoms with Crippen LogP contribution in [0.5, 0.6) is 0 Å². The summed E-state index contributed by atoms with van der Waals surface area (Å²) in [5.74, 6) is 6.22. The van der Waals surface area contributed by atoms with E-state index < -0.39 is 5.60 Å². The largest absolute Gasteiger partial charge is 0.432 e. The molecule has 4 rings (SSSR count). The van der Waals surface area contributed by atoms with Gasteiger partial charge in [-0.05, 0) is 73.5 Å². The Morgan fingerprint density at radius 2 is 2.25 bits per heavy atom. The van der Waals surface area contributed by atoms with Crippen molar-refractivity contribution in [2.75, 3.05) is 0 Å². The zero-order valence-corrected chi connectivity index (χ0v) is 16.3. The number of fused-ring (bicyclic) bond motifs is 5. The van der Waals surface area contributed by atoms with Gasteiger partial charge in [-0.3, -0.25) is 0 Å². The molecular formula is C21H25IO2. The SMILES string of the molecule is C#C[C@]1(O)C=CC2C3CC=C4C=C(OI)CCC4C3CC[C@@]21CC. The van der Waals surface area contributed by atoms with Crippen molar-refractivity contribution in [2.45, 2.75) is 51.0 Å². The van der Waals surface area contributed by atoms with Crippen LogP contribution in [0.15, 0.2) is 35.6 Å². The first-order chi connectivity index (χ1) is 11.6. The van der Waals surface area contributed by atoms with Crippen LogP contribution in [-0.4, -0.2) is 10.7 Å². The van der Waals surface area contributed by atoms with Crippen LogP contribution in [-0.2, 0) is 3.07 Å². The molecule has 0 aromatic carbocycles. The van der Waals surface area contributed by atoms with Crippen LogP contribution in [0.1, 0.15) is 45.4 Å². The Hall–Kier alpha value is -0.730. The molecule has 6 atom stereocenters. The van der Waals surface area contributed by atoms with Gasteiger partial charge in [-0.15, -0.1) is 6.42 Å². The molecule has 1 saturated carbocycles. The summed E-state index contributed by atoms with van der Waals surface area (Å²) in [7, 11) is 0. The third-order valence-electron chi connectivity index (χ3n) is 7.43. The van der Waals surface area contributed by atoms with Crippen LogP contribution in [0.2, 0.25) is 0 Å². The molecule has 4 aliphatic rings. The van der Waals surface area contributed by atoms with Crippen LogP contribution in [0.25, 0.3) is 0 Å². The van der Waals surface area contributed by atoms with E-state index in [9.17, 15) is 5.11 Å². The van der Waals surface area contributed by atoms with Crippen molar-refractivity contribution in [3.63, 3.8) is 0 Å². The number of allylic oxidation sites excluding steroid dienone is 5. The Bertz CT molecular complexity index is 670. The smallest absolute Gasteiger partial charge is 0.192 e. The molecule has 4 aliphatic carbocycles. The van der Waals surface area contributed by atoms with Crippen LogP contribution in [0.3, 0.4) is 0 Å². The lowest BCUT2D eigenvalue weighted by molar-refractivity contribution is -0.0821. The van der Waals surface area contributed by atoms with Gasteiger partial charge in [0.2, 0.25) is 0 Å². The number of aliphatic hydroxyl groups is 1. The Morgan fingerprint density at radius 3 is 2.96 bits per heavy atom. The minimum Gasteiger partial charge on any atom is -0.432 e. The second kappa shape index (κ2) is 5.92. The molecular weight excluding hydrogens is 411 g/mol. The van der Waals surface area contributed by atoms with Crippen molar-refractivity contribution < 1.29 is 8.17 Å². The van der Waals surface area contributed by atoms with Gasteiger partial charge in [-0.2, -0.15) is 0 Å². The van der Waals surface area contributed by atoms with E-state index in [-0.39, 0.29) is 5.41 Å². The number of halogens is 1. The van der Waals surface area contributed by atoms with E-state index in [1.807, 2.05) is 29.1 Å².